The Morgan fingerprint density at radius 3 is 2.30 bits per heavy atom. The third-order valence-electron chi connectivity index (χ3n) is 4.69. The molecule has 1 aromatic carbocycles. The van der Waals surface area contributed by atoms with Crippen LogP contribution in [0.15, 0.2) is 36.4 Å². The number of nitrogens with zero attached hydrogens (tertiary/aromatic N) is 6. The smallest absolute Gasteiger partial charge is 0.269 e. The molecule has 3 heterocycles. The SMILES string of the molecule is Cc1nnsc1C(=O)Nc1ccc(Oc2ccc(-n3nc(C)c(C)c3C)nn2)cc1. The molecule has 0 radical (unpaired) electrons. The summed E-state index contributed by atoms with van der Waals surface area (Å²) in [5.74, 6) is 1.33. The zero-order chi connectivity index (χ0) is 21.3. The van der Waals surface area contributed by atoms with Crippen molar-refractivity contribution in [1.29, 1.82) is 0 Å². The standard InChI is InChI=1S/C20H19N7O2S/c1-11-12(2)25-27(14(11)4)17-9-10-18(24-23-17)29-16-7-5-15(6-8-16)21-20(28)19-13(3)22-26-30-19/h5-10H,1-4H3,(H,21,28). The number of hydrogen-bond donors (Lipinski definition) is 1. The van der Waals surface area contributed by atoms with Crippen LogP contribution in [0.4, 0.5) is 5.69 Å². The van der Waals surface area contributed by atoms with Gasteiger partial charge in [-0.3, -0.25) is 4.79 Å². The van der Waals surface area contributed by atoms with Crippen molar-refractivity contribution in [3.63, 3.8) is 0 Å². The molecule has 4 aromatic rings. The van der Waals surface area contributed by atoms with E-state index in [0.717, 1.165) is 28.5 Å². The number of benzene rings is 1. The molecule has 0 bridgehead atoms. The first kappa shape index (κ1) is 19.6. The van der Waals surface area contributed by atoms with Crippen LogP contribution in [-0.4, -0.2) is 35.5 Å². The van der Waals surface area contributed by atoms with Crippen molar-refractivity contribution >= 4 is 23.1 Å². The molecule has 0 saturated heterocycles. The molecular formula is C20H19N7O2S. The van der Waals surface area contributed by atoms with Gasteiger partial charge in [0.15, 0.2) is 5.82 Å². The van der Waals surface area contributed by atoms with E-state index in [-0.39, 0.29) is 5.91 Å². The second-order valence-corrected chi connectivity index (χ2v) is 7.46. The minimum atomic E-state index is -0.239. The van der Waals surface area contributed by atoms with Gasteiger partial charge in [0.25, 0.3) is 5.91 Å². The number of anilines is 1. The van der Waals surface area contributed by atoms with E-state index in [2.05, 4.69) is 30.2 Å². The second kappa shape index (κ2) is 7.99. The molecule has 152 valence electrons. The summed E-state index contributed by atoms with van der Waals surface area (Å²) in [5.41, 5.74) is 4.36. The van der Waals surface area contributed by atoms with Crippen molar-refractivity contribution in [2.45, 2.75) is 27.7 Å². The van der Waals surface area contributed by atoms with E-state index < -0.39 is 0 Å². The summed E-state index contributed by atoms with van der Waals surface area (Å²) in [4.78, 5) is 12.7. The maximum absolute atomic E-state index is 12.2. The Balaban J connectivity index is 1.42. The van der Waals surface area contributed by atoms with Crippen molar-refractivity contribution < 1.29 is 9.53 Å². The fraction of sp³-hybridized carbons (Fsp3) is 0.200. The molecule has 1 N–H and O–H groups in total. The lowest BCUT2D eigenvalue weighted by molar-refractivity contribution is 0.103. The first-order chi connectivity index (χ1) is 14.4. The minimum Gasteiger partial charge on any atom is -0.438 e. The molecule has 0 atom stereocenters. The van der Waals surface area contributed by atoms with Crippen LogP contribution in [0.25, 0.3) is 5.82 Å². The average Bonchev–Trinajstić information content (AvgIpc) is 3.28. The van der Waals surface area contributed by atoms with Gasteiger partial charge in [0.05, 0.1) is 11.4 Å². The van der Waals surface area contributed by atoms with Crippen LogP contribution in [0, 0.1) is 27.7 Å². The van der Waals surface area contributed by atoms with E-state index in [4.69, 9.17) is 4.74 Å². The predicted octanol–water partition coefficient (Wildman–Crippen LogP) is 3.79. The van der Waals surface area contributed by atoms with Gasteiger partial charge in [-0.15, -0.1) is 15.3 Å². The Bertz CT molecular complexity index is 1200. The van der Waals surface area contributed by atoms with Gasteiger partial charge in [0, 0.05) is 17.4 Å². The van der Waals surface area contributed by atoms with Gasteiger partial charge in [-0.1, -0.05) is 4.49 Å². The fourth-order valence-corrected chi connectivity index (χ4v) is 3.33. The molecule has 0 aliphatic heterocycles. The van der Waals surface area contributed by atoms with Crippen molar-refractivity contribution in [3.05, 3.63) is 63.9 Å². The normalized spacial score (nSPS) is 10.8. The Morgan fingerprint density at radius 1 is 0.967 bits per heavy atom. The number of carbonyl (C=O) groups is 1. The Hall–Kier alpha value is -3.66. The molecule has 3 aromatic heterocycles. The van der Waals surface area contributed by atoms with E-state index in [9.17, 15) is 4.79 Å². The van der Waals surface area contributed by atoms with Gasteiger partial charge >= 0.3 is 0 Å². The lowest BCUT2D eigenvalue weighted by atomic mass is 10.2. The topological polar surface area (TPSA) is 108 Å². The number of amides is 1. The van der Waals surface area contributed by atoms with E-state index in [0.29, 0.717) is 33.7 Å². The van der Waals surface area contributed by atoms with E-state index in [1.807, 2.05) is 20.8 Å². The number of aryl methyl sites for hydroxylation is 2. The zero-order valence-electron chi connectivity index (χ0n) is 16.9. The first-order valence-electron chi connectivity index (χ1n) is 9.17. The third kappa shape index (κ3) is 3.90. The molecule has 0 saturated carbocycles. The molecule has 1 amide bonds. The van der Waals surface area contributed by atoms with E-state index in [1.54, 1.807) is 48.0 Å². The summed E-state index contributed by atoms with van der Waals surface area (Å²) in [7, 11) is 0. The van der Waals surface area contributed by atoms with Crippen LogP contribution in [0.1, 0.15) is 32.3 Å². The zero-order valence-corrected chi connectivity index (χ0v) is 17.7. The number of rotatable bonds is 5. The van der Waals surface area contributed by atoms with Crippen LogP contribution in [0.5, 0.6) is 11.6 Å². The maximum atomic E-state index is 12.2. The summed E-state index contributed by atoms with van der Waals surface area (Å²) in [6, 6.07) is 10.5. The summed E-state index contributed by atoms with van der Waals surface area (Å²) in [5, 5.41) is 19.5. The van der Waals surface area contributed by atoms with Gasteiger partial charge in [-0.05, 0) is 75.1 Å². The summed E-state index contributed by atoms with van der Waals surface area (Å²) in [6.45, 7) is 7.73. The minimum absolute atomic E-state index is 0.239. The van der Waals surface area contributed by atoms with Gasteiger partial charge < -0.3 is 10.1 Å². The lowest BCUT2D eigenvalue weighted by Gasteiger charge is -2.08. The van der Waals surface area contributed by atoms with Gasteiger partial charge in [0.2, 0.25) is 5.88 Å². The molecule has 30 heavy (non-hydrogen) atoms. The molecule has 0 aliphatic rings. The molecule has 9 nitrogen and oxygen atoms in total. The van der Waals surface area contributed by atoms with Crippen molar-refractivity contribution in [2.24, 2.45) is 0 Å². The van der Waals surface area contributed by atoms with Crippen LogP contribution in [-0.2, 0) is 0 Å². The van der Waals surface area contributed by atoms with Crippen LogP contribution in [0.2, 0.25) is 0 Å². The largest absolute Gasteiger partial charge is 0.438 e. The van der Waals surface area contributed by atoms with Crippen LogP contribution in [0.3, 0.4) is 0 Å². The molecule has 0 fully saturated rings. The second-order valence-electron chi connectivity index (χ2n) is 6.71. The maximum Gasteiger partial charge on any atom is 0.269 e. The highest BCUT2D eigenvalue weighted by molar-refractivity contribution is 7.08. The highest BCUT2D eigenvalue weighted by atomic mass is 32.1. The number of hydrogen-bond acceptors (Lipinski definition) is 8. The number of carbonyl (C=O) groups excluding carboxylic acids is 1. The Morgan fingerprint density at radius 2 is 1.73 bits per heavy atom. The Kier molecular flexibility index (Phi) is 5.23. The predicted molar refractivity (Wildman–Crippen MR) is 112 cm³/mol. The molecule has 0 unspecified atom stereocenters. The molecule has 10 heteroatoms. The van der Waals surface area contributed by atoms with Gasteiger partial charge in [-0.2, -0.15) is 5.10 Å². The molecule has 0 spiro atoms. The van der Waals surface area contributed by atoms with Crippen molar-refractivity contribution in [1.82, 2.24) is 29.6 Å². The van der Waals surface area contributed by atoms with E-state index >= 15 is 0 Å². The highest BCUT2D eigenvalue weighted by Gasteiger charge is 2.14. The molecular weight excluding hydrogens is 402 g/mol. The number of aromatic nitrogens is 6. The summed E-state index contributed by atoms with van der Waals surface area (Å²) >= 11 is 1.06. The van der Waals surface area contributed by atoms with Crippen LogP contribution >= 0.6 is 11.5 Å². The third-order valence-corrected chi connectivity index (χ3v) is 5.52. The van der Waals surface area contributed by atoms with Crippen molar-refractivity contribution in [2.75, 3.05) is 5.32 Å². The van der Waals surface area contributed by atoms with E-state index in [1.165, 1.54) is 0 Å². The summed E-state index contributed by atoms with van der Waals surface area (Å²) < 4.78 is 11.3. The first-order valence-corrected chi connectivity index (χ1v) is 9.95. The van der Waals surface area contributed by atoms with Gasteiger partial charge in [-0.25, -0.2) is 4.68 Å². The number of nitrogens with one attached hydrogen (secondary N) is 1. The Labute approximate surface area is 176 Å². The molecule has 4 rings (SSSR count). The summed E-state index contributed by atoms with van der Waals surface area (Å²) in [6.07, 6.45) is 0. The fourth-order valence-electron chi connectivity index (χ4n) is 2.78. The molecule has 0 aliphatic carbocycles. The average molecular weight is 421 g/mol. The monoisotopic (exact) mass is 421 g/mol. The highest BCUT2D eigenvalue weighted by Crippen LogP contribution is 2.23. The lowest BCUT2D eigenvalue weighted by Crippen LogP contribution is -2.11. The quantitative estimate of drug-likeness (QED) is 0.522. The van der Waals surface area contributed by atoms with Crippen molar-refractivity contribution in [3.8, 4) is 17.4 Å². The van der Waals surface area contributed by atoms with Gasteiger partial charge in [0.1, 0.15) is 10.6 Å². The number of ether oxygens (including phenoxy) is 1. The van der Waals surface area contributed by atoms with Crippen LogP contribution < -0.4 is 10.1 Å².